The molecule has 1 fully saturated rings. The summed E-state index contributed by atoms with van der Waals surface area (Å²) >= 11 is 0. The topological polar surface area (TPSA) is 0 Å². The largest absolute Gasteiger partial charge is 0.0839 e. The van der Waals surface area contributed by atoms with Gasteiger partial charge in [-0.3, -0.25) is 0 Å². The van der Waals surface area contributed by atoms with Crippen molar-refractivity contribution in [2.45, 2.75) is 160 Å². The number of hydrogen-bond acceptors (Lipinski definition) is 0. The van der Waals surface area contributed by atoms with E-state index in [1.807, 2.05) is 55.4 Å². The van der Waals surface area contributed by atoms with Gasteiger partial charge >= 0.3 is 0 Å². The average Bonchev–Trinajstić information content (AvgIpc) is 3.90. The van der Waals surface area contributed by atoms with E-state index in [2.05, 4.69) is 211 Å². The number of hydrogen-bond donors (Lipinski definition) is 0. The number of fused-ring (bicyclic) bond motifs is 5. The molecule has 0 heterocycles. The minimum Gasteiger partial charge on any atom is -0.0839 e. The van der Waals surface area contributed by atoms with Crippen molar-refractivity contribution in [2.24, 2.45) is 11.8 Å². The summed E-state index contributed by atoms with van der Waals surface area (Å²) in [5, 5.41) is 0. The molecule has 72 heavy (non-hydrogen) atoms. The van der Waals surface area contributed by atoms with Crippen molar-refractivity contribution in [1.82, 2.24) is 0 Å². The van der Waals surface area contributed by atoms with Crippen LogP contribution < -0.4 is 0 Å². The lowest BCUT2D eigenvalue weighted by molar-refractivity contribution is 0.680. The summed E-state index contributed by atoms with van der Waals surface area (Å²) in [6.07, 6.45) is 22.8. The zero-order valence-corrected chi connectivity index (χ0v) is 46.9. The standard InChI is InChI=1S/C43H38.C18H20.C3H8.4C2H6/c1-29(31-20-22-34(23-21-31)36-11-7-10-35(26-36)32-8-3-2-4-9-32)14-15-30-16-18-33(19-17-30)37-24-25-40-41(27-37)38-12-5-6-13-39(38)42-28-43(40)42;1-13-7-9-15(10-8-13)17-11-14(2)18(12-17)16-5-3-4-6-16;1-3-2;4*1-2/h2-5,7-12,16-27,29,42-43H,6,13-15,28H2,1H3;3,5,7-11,14H,4,6,12H2,1-2H3;3H2,1-2H3;4*1-2H3/b;18-16-;;;;;. The van der Waals surface area contributed by atoms with Crippen LogP contribution in [-0.4, -0.2) is 0 Å². The van der Waals surface area contributed by atoms with E-state index >= 15 is 0 Å². The maximum absolute atomic E-state index is 2.47. The van der Waals surface area contributed by atoms with Gasteiger partial charge < -0.3 is 0 Å². The highest BCUT2D eigenvalue weighted by molar-refractivity contribution is 5.86. The van der Waals surface area contributed by atoms with E-state index in [4.69, 9.17) is 0 Å². The molecule has 5 aliphatic rings. The highest BCUT2D eigenvalue weighted by atomic mass is 14.5. The monoisotopic (exact) mass is 955 g/mol. The van der Waals surface area contributed by atoms with E-state index in [0.717, 1.165) is 31.1 Å². The fourth-order valence-electron chi connectivity index (χ4n) is 10.5. The van der Waals surface area contributed by atoms with E-state index in [9.17, 15) is 0 Å². The molecule has 0 N–H and O–H groups in total. The summed E-state index contributed by atoms with van der Waals surface area (Å²) in [6.45, 7) is 27.1. The summed E-state index contributed by atoms with van der Waals surface area (Å²) in [7, 11) is 0. The second-order valence-electron chi connectivity index (χ2n) is 19.1. The lowest BCUT2D eigenvalue weighted by atomic mass is 9.80. The van der Waals surface area contributed by atoms with Gasteiger partial charge in [0.2, 0.25) is 0 Å². The van der Waals surface area contributed by atoms with Crippen molar-refractivity contribution in [3.8, 4) is 33.4 Å². The summed E-state index contributed by atoms with van der Waals surface area (Å²) in [5.41, 5.74) is 24.4. The molecule has 0 radical (unpaired) electrons. The van der Waals surface area contributed by atoms with Crippen LogP contribution in [0.4, 0.5) is 0 Å². The predicted octanol–water partition coefficient (Wildman–Crippen LogP) is 22.2. The minimum absolute atomic E-state index is 0.516. The molecular weight excluding hydrogens is 865 g/mol. The normalized spacial score (nSPS) is 18.6. The Labute approximate surface area is 439 Å². The van der Waals surface area contributed by atoms with Crippen LogP contribution in [0.3, 0.4) is 0 Å². The Bertz CT molecular complexity index is 2710. The molecule has 0 aromatic heterocycles. The number of aryl methyl sites for hydroxylation is 2. The van der Waals surface area contributed by atoms with Gasteiger partial charge in [-0.2, -0.15) is 0 Å². The molecule has 0 spiro atoms. The maximum Gasteiger partial charge on any atom is -0.00363 e. The van der Waals surface area contributed by atoms with Gasteiger partial charge in [-0.15, -0.1) is 0 Å². The van der Waals surface area contributed by atoms with Gasteiger partial charge in [-0.25, -0.2) is 0 Å². The Hall–Kier alpha value is -5.98. The first-order chi connectivity index (χ1) is 35.4. The van der Waals surface area contributed by atoms with Crippen molar-refractivity contribution < 1.29 is 0 Å². The third kappa shape index (κ3) is 14.6. The molecule has 0 nitrogen and oxygen atoms in total. The molecule has 0 amide bonds. The Morgan fingerprint density at radius 2 is 1.07 bits per heavy atom. The Balaban J connectivity index is 0.000000276. The third-order valence-corrected chi connectivity index (χ3v) is 14.2. The van der Waals surface area contributed by atoms with Crippen molar-refractivity contribution in [3.63, 3.8) is 0 Å². The lowest BCUT2D eigenvalue weighted by Gasteiger charge is -2.24. The van der Waals surface area contributed by atoms with Crippen molar-refractivity contribution in [1.29, 1.82) is 0 Å². The maximum atomic E-state index is 2.47. The van der Waals surface area contributed by atoms with Gasteiger partial charge in [0.05, 0.1) is 0 Å². The average molecular weight is 956 g/mol. The van der Waals surface area contributed by atoms with Gasteiger partial charge in [0.25, 0.3) is 0 Å². The Kier molecular flexibility index (Phi) is 23.3. The zero-order valence-electron chi connectivity index (χ0n) is 46.9. The quantitative estimate of drug-likeness (QED) is 0.143. The van der Waals surface area contributed by atoms with E-state index < -0.39 is 0 Å². The fraction of sp³-hybridized carbons (Fsp3) is 0.361. The molecule has 5 aliphatic carbocycles. The first-order valence-electron chi connectivity index (χ1n) is 28.4. The van der Waals surface area contributed by atoms with Crippen molar-refractivity contribution in [2.75, 3.05) is 0 Å². The van der Waals surface area contributed by atoms with E-state index in [0.29, 0.717) is 11.8 Å². The van der Waals surface area contributed by atoms with Crippen LogP contribution in [0.25, 0.3) is 44.5 Å². The molecule has 1 saturated carbocycles. The Morgan fingerprint density at radius 3 is 1.69 bits per heavy atom. The van der Waals surface area contributed by atoms with Gasteiger partial charge in [0, 0.05) is 0 Å². The number of benzene rings is 6. The molecule has 6 aromatic carbocycles. The van der Waals surface area contributed by atoms with Crippen LogP contribution in [0.2, 0.25) is 0 Å². The third-order valence-electron chi connectivity index (χ3n) is 14.2. The second-order valence-corrected chi connectivity index (χ2v) is 19.1. The van der Waals surface area contributed by atoms with Crippen LogP contribution in [-0.2, 0) is 6.42 Å². The van der Waals surface area contributed by atoms with Gasteiger partial charge in [0.1, 0.15) is 0 Å². The molecule has 6 aromatic rings. The fourth-order valence-corrected chi connectivity index (χ4v) is 10.5. The van der Waals surface area contributed by atoms with Crippen LogP contribution in [0.15, 0.2) is 193 Å². The van der Waals surface area contributed by atoms with Gasteiger partial charge in [0.15, 0.2) is 0 Å². The van der Waals surface area contributed by atoms with Crippen LogP contribution in [0.1, 0.15) is 180 Å². The molecule has 4 atom stereocenters. The molecule has 378 valence electrons. The zero-order chi connectivity index (χ0) is 52.0. The van der Waals surface area contributed by atoms with Gasteiger partial charge in [-0.1, -0.05) is 270 Å². The molecule has 11 rings (SSSR count). The predicted molar refractivity (Wildman–Crippen MR) is 322 cm³/mol. The van der Waals surface area contributed by atoms with Crippen molar-refractivity contribution >= 4 is 11.1 Å². The number of rotatable bonds is 8. The second kappa shape index (κ2) is 29.5. The van der Waals surface area contributed by atoms with Gasteiger partial charge in [-0.05, 0) is 172 Å². The van der Waals surface area contributed by atoms with E-state index in [1.54, 1.807) is 22.3 Å². The smallest absolute Gasteiger partial charge is 0.00363 e. The van der Waals surface area contributed by atoms with Crippen molar-refractivity contribution in [3.05, 3.63) is 226 Å². The van der Waals surface area contributed by atoms with Crippen LogP contribution in [0.5, 0.6) is 0 Å². The van der Waals surface area contributed by atoms with Crippen LogP contribution in [0, 0.1) is 18.8 Å². The highest BCUT2D eigenvalue weighted by Gasteiger charge is 2.46. The lowest BCUT2D eigenvalue weighted by Crippen LogP contribution is -2.06. The number of allylic oxidation sites excluding steroid dienone is 10. The molecule has 0 bridgehead atoms. The minimum atomic E-state index is 0.516. The van der Waals surface area contributed by atoms with Crippen LogP contribution >= 0.6 is 0 Å². The van der Waals surface area contributed by atoms with E-state index in [-0.39, 0.29) is 0 Å². The molecule has 0 heteroatoms. The molecular formula is C72H90. The highest BCUT2D eigenvalue weighted by Crippen LogP contribution is 2.60. The summed E-state index contributed by atoms with van der Waals surface area (Å²) in [6, 6.07) is 54.2. The van der Waals surface area contributed by atoms with E-state index in [1.165, 1.54) is 111 Å². The molecule has 0 aliphatic heterocycles. The Morgan fingerprint density at radius 1 is 0.528 bits per heavy atom. The first-order valence-corrected chi connectivity index (χ1v) is 28.4. The summed E-state index contributed by atoms with van der Waals surface area (Å²) in [4.78, 5) is 0. The molecule has 0 saturated heterocycles. The summed E-state index contributed by atoms with van der Waals surface area (Å²) in [5.74, 6) is 2.73. The molecule has 4 unspecified atom stereocenters. The first kappa shape index (κ1) is 56.9. The summed E-state index contributed by atoms with van der Waals surface area (Å²) < 4.78 is 0. The SMILES string of the molecule is CC.CC.CC.CC.CC(CCc1ccc(-c2ccc3c(c2)C2=C(CCC=C2)C2CC32)cc1)c1ccc(-c2cccc(-c3ccccc3)c2)cc1.CCC.Cc1ccc(C2=CC(C)/C(=C3/C=CCC3)C2)cc1.